The van der Waals surface area contributed by atoms with Gasteiger partial charge in [-0.25, -0.2) is 4.79 Å². The van der Waals surface area contributed by atoms with Crippen LogP contribution in [0.5, 0.6) is 5.75 Å². The van der Waals surface area contributed by atoms with Crippen LogP contribution in [0.2, 0.25) is 0 Å². The Morgan fingerprint density at radius 3 is 2.55 bits per heavy atom. The third kappa shape index (κ3) is 4.34. The summed E-state index contributed by atoms with van der Waals surface area (Å²) in [4.78, 5) is 11.6. The number of para-hydroxylation sites is 1. The van der Waals surface area contributed by atoms with Crippen molar-refractivity contribution in [3.05, 3.63) is 77.7 Å². The highest BCUT2D eigenvalue weighted by Crippen LogP contribution is 2.34. The number of thioether (sulfide) groups is 1. The number of esters is 1. The highest BCUT2D eigenvalue weighted by molar-refractivity contribution is 7.98. The number of hydrogen-bond acceptors (Lipinski definition) is 7. The van der Waals surface area contributed by atoms with Crippen molar-refractivity contribution in [2.75, 3.05) is 14.2 Å². The van der Waals surface area contributed by atoms with E-state index >= 15 is 0 Å². The molecule has 2 heterocycles. The number of carbonyl (C=O) groups excluding carboxylic acids is 1. The molecule has 31 heavy (non-hydrogen) atoms. The lowest BCUT2D eigenvalue weighted by molar-refractivity contribution is 0.0563. The molecule has 0 aliphatic carbocycles. The Labute approximate surface area is 184 Å². The maximum Gasteiger partial charge on any atom is 0.373 e. The fourth-order valence-electron chi connectivity index (χ4n) is 3.10. The number of benzene rings is 2. The maximum absolute atomic E-state index is 11.6. The molecule has 0 aliphatic rings. The summed E-state index contributed by atoms with van der Waals surface area (Å²) in [5, 5.41) is 9.58. The first-order chi connectivity index (χ1) is 15.1. The van der Waals surface area contributed by atoms with Gasteiger partial charge >= 0.3 is 5.97 Å². The van der Waals surface area contributed by atoms with E-state index in [0.29, 0.717) is 28.2 Å². The van der Waals surface area contributed by atoms with Crippen LogP contribution in [-0.4, -0.2) is 35.0 Å². The predicted octanol–water partition coefficient (Wildman–Crippen LogP) is 4.92. The molecule has 0 spiro atoms. The van der Waals surface area contributed by atoms with Gasteiger partial charge in [-0.05, 0) is 43.3 Å². The molecule has 0 atom stereocenters. The third-order valence-electron chi connectivity index (χ3n) is 4.67. The summed E-state index contributed by atoms with van der Waals surface area (Å²) in [6.45, 7) is 2.04. The van der Waals surface area contributed by atoms with Crippen LogP contribution in [0.4, 0.5) is 0 Å². The van der Waals surface area contributed by atoms with Crippen molar-refractivity contribution in [1.29, 1.82) is 0 Å². The molecule has 0 radical (unpaired) electrons. The summed E-state index contributed by atoms with van der Waals surface area (Å²) in [7, 11) is 2.96. The van der Waals surface area contributed by atoms with Crippen LogP contribution in [-0.2, 0) is 10.5 Å². The quantitative estimate of drug-likeness (QED) is 0.301. The summed E-state index contributed by atoms with van der Waals surface area (Å²) in [6, 6.07) is 19.2. The summed E-state index contributed by atoms with van der Waals surface area (Å²) in [5.41, 5.74) is 2.94. The van der Waals surface area contributed by atoms with Crippen LogP contribution in [0.15, 0.2) is 70.2 Å². The molecule has 2 aromatic heterocycles. The van der Waals surface area contributed by atoms with E-state index in [9.17, 15) is 4.79 Å². The van der Waals surface area contributed by atoms with Crippen molar-refractivity contribution >= 4 is 17.7 Å². The largest absolute Gasteiger partial charge is 0.496 e. The lowest BCUT2D eigenvalue weighted by Crippen LogP contribution is -2.01. The van der Waals surface area contributed by atoms with E-state index < -0.39 is 5.97 Å². The Bertz CT molecular complexity index is 1200. The Balaban J connectivity index is 1.71. The zero-order valence-electron chi connectivity index (χ0n) is 17.4. The average molecular weight is 436 g/mol. The molecule has 4 aromatic rings. The van der Waals surface area contributed by atoms with E-state index in [-0.39, 0.29) is 5.76 Å². The Hall–Kier alpha value is -3.52. The number of carbonyl (C=O) groups is 1. The summed E-state index contributed by atoms with van der Waals surface area (Å²) in [5.74, 6) is 2.19. The lowest BCUT2D eigenvalue weighted by atomic mass is 10.1. The van der Waals surface area contributed by atoms with Gasteiger partial charge < -0.3 is 13.9 Å². The molecule has 7 nitrogen and oxygen atoms in total. The van der Waals surface area contributed by atoms with Gasteiger partial charge in [-0.3, -0.25) is 4.57 Å². The van der Waals surface area contributed by atoms with E-state index in [4.69, 9.17) is 13.9 Å². The van der Waals surface area contributed by atoms with Crippen molar-refractivity contribution in [2.45, 2.75) is 17.8 Å². The van der Waals surface area contributed by atoms with Crippen LogP contribution in [0.1, 0.15) is 21.9 Å². The summed E-state index contributed by atoms with van der Waals surface area (Å²) in [6.07, 6.45) is 0. The maximum atomic E-state index is 11.6. The molecule has 0 unspecified atom stereocenters. The molecule has 0 N–H and O–H groups in total. The second-order valence-corrected chi connectivity index (χ2v) is 7.67. The number of aryl methyl sites for hydroxylation is 1. The molecule has 8 heteroatoms. The van der Waals surface area contributed by atoms with Gasteiger partial charge in [0.05, 0.1) is 25.5 Å². The van der Waals surface area contributed by atoms with Gasteiger partial charge in [0.15, 0.2) is 11.0 Å². The SMILES string of the molecule is COC(=O)c1ccc(CSc2nnc(-c3ccccc3OC)n2-c2ccc(C)cc2)o1. The topological polar surface area (TPSA) is 79.4 Å². The smallest absolute Gasteiger partial charge is 0.373 e. The number of furan rings is 1. The minimum absolute atomic E-state index is 0.174. The second-order valence-electron chi connectivity index (χ2n) is 6.72. The van der Waals surface area contributed by atoms with E-state index in [1.807, 2.05) is 60.0 Å². The predicted molar refractivity (Wildman–Crippen MR) is 118 cm³/mol. The summed E-state index contributed by atoms with van der Waals surface area (Å²) >= 11 is 1.46. The zero-order chi connectivity index (χ0) is 21.8. The van der Waals surface area contributed by atoms with E-state index in [1.165, 1.54) is 18.9 Å². The van der Waals surface area contributed by atoms with E-state index in [1.54, 1.807) is 19.2 Å². The number of hydrogen-bond donors (Lipinski definition) is 0. The molecule has 2 aromatic carbocycles. The lowest BCUT2D eigenvalue weighted by Gasteiger charge is -2.12. The fourth-order valence-corrected chi connectivity index (χ4v) is 3.94. The molecule has 0 amide bonds. The first kappa shape index (κ1) is 20.7. The van der Waals surface area contributed by atoms with Crippen molar-refractivity contribution in [3.63, 3.8) is 0 Å². The molecule has 0 bridgehead atoms. The Kier molecular flexibility index (Phi) is 6.08. The monoisotopic (exact) mass is 435 g/mol. The van der Waals surface area contributed by atoms with Crippen LogP contribution in [0.25, 0.3) is 17.1 Å². The zero-order valence-corrected chi connectivity index (χ0v) is 18.2. The van der Waals surface area contributed by atoms with Gasteiger partial charge in [-0.15, -0.1) is 10.2 Å². The van der Waals surface area contributed by atoms with Gasteiger partial charge in [0.1, 0.15) is 11.5 Å². The summed E-state index contributed by atoms with van der Waals surface area (Å²) < 4.78 is 17.8. The van der Waals surface area contributed by atoms with Gasteiger partial charge in [0.2, 0.25) is 5.76 Å². The first-order valence-corrected chi connectivity index (χ1v) is 10.5. The highest BCUT2D eigenvalue weighted by atomic mass is 32.2. The highest BCUT2D eigenvalue weighted by Gasteiger charge is 2.20. The molecule has 0 aliphatic heterocycles. The van der Waals surface area contributed by atoms with Crippen LogP contribution in [0.3, 0.4) is 0 Å². The Morgan fingerprint density at radius 1 is 1.03 bits per heavy atom. The molecule has 158 valence electrons. The minimum atomic E-state index is -0.502. The van der Waals surface area contributed by atoms with Crippen LogP contribution < -0.4 is 4.74 Å². The molecular weight excluding hydrogens is 414 g/mol. The van der Waals surface area contributed by atoms with Gasteiger partial charge in [0, 0.05) is 5.69 Å². The van der Waals surface area contributed by atoms with Gasteiger partial charge in [-0.1, -0.05) is 41.6 Å². The van der Waals surface area contributed by atoms with E-state index in [0.717, 1.165) is 16.8 Å². The van der Waals surface area contributed by atoms with Gasteiger partial charge in [0.25, 0.3) is 0 Å². The van der Waals surface area contributed by atoms with Crippen molar-refractivity contribution in [2.24, 2.45) is 0 Å². The third-order valence-corrected chi connectivity index (χ3v) is 5.62. The molecule has 4 rings (SSSR count). The van der Waals surface area contributed by atoms with Crippen LogP contribution in [0, 0.1) is 6.92 Å². The fraction of sp³-hybridized carbons (Fsp3) is 0.174. The molecule has 0 saturated heterocycles. The minimum Gasteiger partial charge on any atom is -0.496 e. The molecule has 0 saturated carbocycles. The van der Waals surface area contributed by atoms with Crippen molar-refractivity contribution in [3.8, 4) is 22.8 Å². The van der Waals surface area contributed by atoms with Crippen LogP contribution >= 0.6 is 11.8 Å². The standard InChI is InChI=1S/C23H21N3O4S/c1-15-8-10-16(11-9-15)26-21(18-6-4-5-7-19(18)28-2)24-25-23(26)31-14-17-12-13-20(30-17)22(27)29-3/h4-13H,14H2,1-3H3. The second kappa shape index (κ2) is 9.09. The van der Waals surface area contributed by atoms with Crippen molar-refractivity contribution < 1.29 is 18.7 Å². The number of methoxy groups -OCH3 is 2. The number of nitrogens with zero attached hydrogens (tertiary/aromatic N) is 3. The Morgan fingerprint density at radius 2 is 1.81 bits per heavy atom. The van der Waals surface area contributed by atoms with Gasteiger partial charge in [-0.2, -0.15) is 0 Å². The number of aromatic nitrogens is 3. The average Bonchev–Trinajstić information content (AvgIpc) is 3.45. The number of ether oxygens (including phenoxy) is 2. The molecule has 0 fully saturated rings. The first-order valence-electron chi connectivity index (χ1n) is 9.56. The van der Waals surface area contributed by atoms with E-state index in [2.05, 4.69) is 10.2 Å². The van der Waals surface area contributed by atoms with Crippen molar-refractivity contribution in [1.82, 2.24) is 14.8 Å². The molecular formula is C23H21N3O4S. The number of rotatable bonds is 7. The normalized spacial score (nSPS) is 10.8.